The van der Waals surface area contributed by atoms with Gasteiger partial charge in [0.2, 0.25) is 5.91 Å². The molecule has 33 heavy (non-hydrogen) atoms. The Labute approximate surface area is 186 Å². The average molecular weight is 455 g/mol. The Morgan fingerprint density at radius 2 is 1.88 bits per heavy atom. The Hall–Kier alpha value is -4.93. The molecular formula is C19H17N7O7. The van der Waals surface area contributed by atoms with Crippen LogP contribution in [0.3, 0.4) is 0 Å². The summed E-state index contributed by atoms with van der Waals surface area (Å²) in [6.07, 6.45) is 0. The summed E-state index contributed by atoms with van der Waals surface area (Å²) < 4.78 is 4.62. The van der Waals surface area contributed by atoms with Crippen molar-refractivity contribution in [3.8, 4) is 6.07 Å². The number of amides is 1. The topological polar surface area (TPSA) is 193 Å². The molecule has 0 aliphatic carbocycles. The molecular weight excluding hydrogens is 438 g/mol. The monoisotopic (exact) mass is 455 g/mol. The van der Waals surface area contributed by atoms with Crippen molar-refractivity contribution in [2.45, 2.75) is 6.92 Å². The number of benzene rings is 2. The molecule has 170 valence electrons. The molecule has 0 saturated carbocycles. The number of esters is 1. The molecule has 0 spiro atoms. The number of nitrogens with one attached hydrogen (secondary N) is 1. The Kier molecular flexibility index (Phi) is 7.67. The predicted molar refractivity (Wildman–Crippen MR) is 115 cm³/mol. The van der Waals surface area contributed by atoms with Crippen LogP contribution in [0.15, 0.2) is 40.6 Å². The molecule has 0 atom stereocenters. The third-order valence-electron chi connectivity index (χ3n) is 4.19. The molecule has 0 fully saturated rings. The number of nitriles is 1. The summed E-state index contributed by atoms with van der Waals surface area (Å²) in [6, 6.07) is 7.64. The molecule has 0 saturated heterocycles. The molecule has 2 aromatic carbocycles. The minimum Gasteiger partial charge on any atom is -0.468 e. The number of carbonyl (C=O) groups is 2. The van der Waals surface area contributed by atoms with Crippen LogP contribution < -0.4 is 10.2 Å². The highest BCUT2D eigenvalue weighted by Gasteiger charge is 2.24. The number of nitro benzene ring substituents is 2. The molecule has 0 aliphatic heterocycles. The van der Waals surface area contributed by atoms with Crippen LogP contribution >= 0.6 is 0 Å². The van der Waals surface area contributed by atoms with E-state index in [1.807, 2.05) is 0 Å². The zero-order valence-corrected chi connectivity index (χ0v) is 17.6. The number of carbonyl (C=O) groups excluding carboxylic acids is 2. The molecule has 0 radical (unpaired) electrons. The molecule has 2 aromatic rings. The molecule has 0 heterocycles. The number of hydrogen-bond acceptors (Lipinski definition) is 11. The van der Waals surface area contributed by atoms with E-state index in [4.69, 9.17) is 0 Å². The van der Waals surface area contributed by atoms with Gasteiger partial charge in [0, 0.05) is 25.7 Å². The third kappa shape index (κ3) is 6.04. The molecule has 14 nitrogen and oxygen atoms in total. The minimum absolute atomic E-state index is 0.0720. The Morgan fingerprint density at radius 3 is 2.42 bits per heavy atom. The van der Waals surface area contributed by atoms with Crippen molar-refractivity contribution in [3.63, 3.8) is 0 Å². The summed E-state index contributed by atoms with van der Waals surface area (Å²) >= 11 is 0. The van der Waals surface area contributed by atoms with E-state index in [1.54, 1.807) is 24.1 Å². The zero-order valence-electron chi connectivity index (χ0n) is 17.6. The van der Waals surface area contributed by atoms with E-state index >= 15 is 0 Å². The van der Waals surface area contributed by atoms with Crippen molar-refractivity contribution in [1.29, 1.82) is 5.26 Å². The molecule has 14 heteroatoms. The van der Waals surface area contributed by atoms with Gasteiger partial charge in [0.05, 0.1) is 34.3 Å². The highest BCUT2D eigenvalue weighted by molar-refractivity contribution is 5.93. The van der Waals surface area contributed by atoms with Crippen LogP contribution in [0.4, 0.5) is 34.1 Å². The molecule has 0 aliphatic rings. The fraction of sp³-hybridized carbons (Fsp3) is 0.211. The molecule has 0 bridgehead atoms. The van der Waals surface area contributed by atoms with Gasteiger partial charge in [0.15, 0.2) is 5.69 Å². The van der Waals surface area contributed by atoms with Crippen molar-refractivity contribution in [2.75, 3.05) is 30.9 Å². The minimum atomic E-state index is -0.915. The maximum absolute atomic E-state index is 11.6. The maximum atomic E-state index is 11.6. The molecule has 1 amide bonds. The number of nitrogens with zero attached hydrogens (tertiary/aromatic N) is 6. The smallest absolute Gasteiger partial charge is 0.325 e. The predicted octanol–water partition coefficient (Wildman–Crippen LogP) is 3.36. The van der Waals surface area contributed by atoms with Gasteiger partial charge in [0.1, 0.15) is 18.3 Å². The first-order valence-electron chi connectivity index (χ1n) is 9.05. The lowest BCUT2D eigenvalue weighted by molar-refractivity contribution is -0.393. The van der Waals surface area contributed by atoms with E-state index in [1.165, 1.54) is 26.2 Å². The number of likely N-dealkylation sites (N-methyl/N-ethyl adjacent to an activating group) is 1. The fourth-order valence-corrected chi connectivity index (χ4v) is 2.63. The summed E-state index contributed by atoms with van der Waals surface area (Å²) in [5.41, 5.74) is -1.55. The third-order valence-corrected chi connectivity index (χ3v) is 4.19. The first-order valence-corrected chi connectivity index (χ1v) is 9.05. The van der Waals surface area contributed by atoms with E-state index in [9.17, 15) is 35.1 Å². The Morgan fingerprint density at radius 1 is 1.18 bits per heavy atom. The van der Waals surface area contributed by atoms with Gasteiger partial charge in [-0.2, -0.15) is 5.26 Å². The number of ether oxygens (including phenoxy) is 1. The number of methoxy groups -OCH3 is 1. The molecule has 2 rings (SSSR count). The van der Waals surface area contributed by atoms with Gasteiger partial charge in [-0.05, 0) is 18.2 Å². The van der Waals surface area contributed by atoms with Crippen LogP contribution in [-0.2, 0) is 14.3 Å². The largest absolute Gasteiger partial charge is 0.468 e. The van der Waals surface area contributed by atoms with E-state index in [0.29, 0.717) is 11.8 Å². The lowest BCUT2D eigenvalue weighted by atomic mass is 10.1. The van der Waals surface area contributed by atoms with Crippen molar-refractivity contribution in [2.24, 2.45) is 10.2 Å². The summed E-state index contributed by atoms with van der Waals surface area (Å²) in [5.74, 6) is -0.935. The highest BCUT2D eigenvalue weighted by atomic mass is 16.6. The van der Waals surface area contributed by atoms with E-state index in [0.717, 1.165) is 6.07 Å². The van der Waals surface area contributed by atoms with Gasteiger partial charge < -0.3 is 15.0 Å². The van der Waals surface area contributed by atoms with Crippen molar-refractivity contribution < 1.29 is 24.2 Å². The number of anilines is 2. The van der Waals surface area contributed by atoms with Gasteiger partial charge in [0.25, 0.3) is 5.69 Å². The fourth-order valence-electron chi connectivity index (χ4n) is 2.63. The Bertz CT molecular complexity index is 1200. The van der Waals surface area contributed by atoms with Gasteiger partial charge in [-0.3, -0.25) is 29.8 Å². The van der Waals surface area contributed by atoms with Crippen LogP contribution in [0.25, 0.3) is 0 Å². The second-order valence-electron chi connectivity index (χ2n) is 6.50. The standard InChI is InChI=1S/C19H17N7O7/c1-11(27)21-16-7-13(24(2)10-18(28)33-3)4-5-15(16)22-23-19-12(9-20)6-14(25(29)30)8-17(19)26(31)32/h4-8H,10H2,1-3H3,(H,21,27). The van der Waals surface area contributed by atoms with E-state index in [-0.39, 0.29) is 17.9 Å². The zero-order chi connectivity index (χ0) is 24.7. The van der Waals surface area contributed by atoms with Crippen LogP contribution in [0, 0.1) is 31.6 Å². The number of rotatable bonds is 8. The number of non-ortho nitro benzene ring substituents is 1. The SMILES string of the molecule is COC(=O)CN(C)c1ccc(N=Nc2c(C#N)cc([N+](=O)[O-])cc2[N+](=O)[O-])c(NC(C)=O)c1. The Balaban J connectivity index is 2.55. The second-order valence-corrected chi connectivity index (χ2v) is 6.50. The number of hydrogen-bond donors (Lipinski definition) is 1. The van der Waals surface area contributed by atoms with Crippen LogP contribution in [0.2, 0.25) is 0 Å². The second kappa shape index (κ2) is 10.4. The summed E-state index contributed by atoms with van der Waals surface area (Å²) in [7, 11) is 2.86. The van der Waals surface area contributed by atoms with Gasteiger partial charge >= 0.3 is 11.7 Å². The van der Waals surface area contributed by atoms with Crippen LogP contribution in [-0.4, -0.2) is 42.4 Å². The van der Waals surface area contributed by atoms with Crippen molar-refractivity contribution in [1.82, 2.24) is 0 Å². The normalized spacial score (nSPS) is 10.4. The van der Waals surface area contributed by atoms with E-state index < -0.39 is 44.3 Å². The van der Waals surface area contributed by atoms with Crippen molar-refractivity contribution >= 4 is 46.0 Å². The first-order chi connectivity index (χ1) is 15.6. The van der Waals surface area contributed by atoms with E-state index in [2.05, 4.69) is 20.3 Å². The maximum Gasteiger partial charge on any atom is 0.325 e. The lowest BCUT2D eigenvalue weighted by Crippen LogP contribution is -2.26. The van der Waals surface area contributed by atoms with Gasteiger partial charge in [-0.25, -0.2) is 0 Å². The summed E-state index contributed by atoms with van der Waals surface area (Å²) in [4.78, 5) is 45.3. The van der Waals surface area contributed by atoms with Gasteiger partial charge in [-0.1, -0.05) is 0 Å². The first kappa shape index (κ1) is 24.3. The molecule has 0 aromatic heterocycles. The van der Waals surface area contributed by atoms with Gasteiger partial charge in [-0.15, -0.1) is 10.2 Å². The van der Waals surface area contributed by atoms with Crippen molar-refractivity contribution in [3.05, 3.63) is 56.1 Å². The van der Waals surface area contributed by atoms with Crippen LogP contribution in [0.5, 0.6) is 0 Å². The summed E-state index contributed by atoms with van der Waals surface area (Å²) in [5, 5.41) is 41.9. The number of nitro groups is 2. The average Bonchev–Trinajstić information content (AvgIpc) is 2.76. The lowest BCUT2D eigenvalue weighted by Gasteiger charge is -2.19. The number of azo groups is 1. The molecule has 0 unspecified atom stereocenters. The quantitative estimate of drug-likeness (QED) is 0.269. The summed E-state index contributed by atoms with van der Waals surface area (Å²) in [6.45, 7) is 1.18. The van der Waals surface area contributed by atoms with Crippen LogP contribution in [0.1, 0.15) is 12.5 Å². The molecule has 1 N–H and O–H groups in total. The highest BCUT2D eigenvalue weighted by Crippen LogP contribution is 2.38.